The molecule has 0 aliphatic heterocycles. The maximum atomic E-state index is 12.6. The number of ether oxygens (including phenoxy) is 1. The fraction of sp³-hybridized carbons (Fsp3) is 0.522. The number of rotatable bonds is 6. The molecule has 4 rings (SSSR count). The Bertz CT molecular complexity index is 1080. The number of hydrogen-bond acceptors (Lipinski definition) is 6. The number of halogens is 1. The van der Waals surface area contributed by atoms with Gasteiger partial charge in [0.25, 0.3) is 0 Å². The van der Waals surface area contributed by atoms with E-state index in [1.54, 1.807) is 18.2 Å². The first-order valence-corrected chi connectivity index (χ1v) is 11.5. The normalized spacial score (nSPS) is 28.9. The second-order valence-corrected chi connectivity index (χ2v) is 9.30. The van der Waals surface area contributed by atoms with Crippen molar-refractivity contribution in [1.82, 2.24) is 0 Å². The fourth-order valence-electron chi connectivity index (χ4n) is 4.86. The van der Waals surface area contributed by atoms with E-state index in [1.165, 1.54) is 6.07 Å². The summed E-state index contributed by atoms with van der Waals surface area (Å²) in [5.74, 6) is 0.346. The molecule has 2 aromatic rings. The van der Waals surface area contributed by atoms with E-state index in [-0.39, 0.29) is 16.4 Å². The van der Waals surface area contributed by atoms with Crippen molar-refractivity contribution in [3.63, 3.8) is 0 Å². The average Bonchev–Trinajstić information content (AvgIpc) is 3.11. The number of hydrogen-bond donors (Lipinski definition) is 0. The molecule has 2 fully saturated rings. The van der Waals surface area contributed by atoms with E-state index in [4.69, 9.17) is 14.0 Å². The van der Waals surface area contributed by atoms with Gasteiger partial charge >= 0.3 is 11.6 Å². The van der Waals surface area contributed by atoms with Crippen LogP contribution in [-0.2, 0) is 4.84 Å². The Balaban J connectivity index is 1.56. The molecule has 2 aliphatic carbocycles. The van der Waals surface area contributed by atoms with Crippen molar-refractivity contribution in [1.29, 1.82) is 0 Å². The quantitative estimate of drug-likeness (QED) is 0.244. The van der Waals surface area contributed by atoms with Gasteiger partial charge < -0.3 is 14.0 Å². The average molecular weight is 476 g/mol. The smallest absolute Gasteiger partial charge is 0.373 e. The summed E-state index contributed by atoms with van der Waals surface area (Å²) in [6.07, 6.45) is 3.88. The summed E-state index contributed by atoms with van der Waals surface area (Å²) in [5.41, 5.74) is 0.347. The first-order valence-electron chi connectivity index (χ1n) is 10.4. The van der Waals surface area contributed by atoms with Crippen LogP contribution in [0, 0.1) is 16.7 Å². The van der Waals surface area contributed by atoms with E-state index in [9.17, 15) is 9.59 Å². The second-order valence-electron chi connectivity index (χ2n) is 8.74. The second kappa shape index (κ2) is 7.84. The zero-order chi connectivity index (χ0) is 21.5. The largest absolute Gasteiger partial charge is 0.493 e. The predicted octanol–water partition coefficient (Wildman–Crippen LogP) is 5.32. The Morgan fingerprint density at radius 3 is 2.83 bits per heavy atom. The van der Waals surface area contributed by atoms with E-state index in [1.807, 2.05) is 6.92 Å². The summed E-state index contributed by atoms with van der Waals surface area (Å²) >= 11 is 3.66. The standard InChI is InChI=1S/C23H26BrNO5/c1-4-9-28-16-6-5-14-10-17(20(26)29-18(14)12-16)21(27)30-25-19-11-15-7-8-22(19,2)23(15,3)13-24/h5-6,10,12,15H,4,7-9,11,13H2,1-3H3. The number of alkyl halides is 1. The minimum absolute atomic E-state index is 0.0950. The van der Waals surface area contributed by atoms with Crippen LogP contribution in [0.5, 0.6) is 5.75 Å². The molecule has 0 spiro atoms. The van der Waals surface area contributed by atoms with Crippen LogP contribution in [0.2, 0.25) is 0 Å². The maximum Gasteiger partial charge on any atom is 0.373 e. The summed E-state index contributed by atoms with van der Waals surface area (Å²) in [6, 6.07) is 6.67. The number of oxime groups is 1. The van der Waals surface area contributed by atoms with Crippen LogP contribution in [0.15, 0.2) is 38.6 Å². The summed E-state index contributed by atoms with van der Waals surface area (Å²) in [5, 5.41) is 5.72. The maximum absolute atomic E-state index is 12.6. The Morgan fingerprint density at radius 1 is 1.33 bits per heavy atom. The summed E-state index contributed by atoms with van der Waals surface area (Å²) in [6.45, 7) is 7.05. The number of carbonyl (C=O) groups excluding carboxylic acids is 1. The van der Waals surface area contributed by atoms with Gasteiger partial charge in [0.05, 0.1) is 12.3 Å². The van der Waals surface area contributed by atoms with Crippen molar-refractivity contribution in [3.05, 3.63) is 40.2 Å². The highest BCUT2D eigenvalue weighted by molar-refractivity contribution is 9.09. The Kier molecular flexibility index (Phi) is 5.51. The lowest BCUT2D eigenvalue weighted by molar-refractivity contribution is 0.0504. The molecular weight excluding hydrogens is 450 g/mol. The van der Waals surface area contributed by atoms with Gasteiger partial charge in [-0.2, -0.15) is 0 Å². The molecule has 30 heavy (non-hydrogen) atoms. The Labute approximate surface area is 183 Å². The number of benzene rings is 1. The van der Waals surface area contributed by atoms with E-state index in [0.717, 1.165) is 36.7 Å². The van der Waals surface area contributed by atoms with Gasteiger partial charge in [-0.1, -0.05) is 41.9 Å². The van der Waals surface area contributed by atoms with Crippen LogP contribution in [0.1, 0.15) is 56.8 Å². The zero-order valence-corrected chi connectivity index (χ0v) is 19.1. The summed E-state index contributed by atoms with van der Waals surface area (Å²) < 4.78 is 10.9. The van der Waals surface area contributed by atoms with E-state index in [0.29, 0.717) is 29.2 Å². The van der Waals surface area contributed by atoms with E-state index in [2.05, 4.69) is 34.9 Å². The number of carbonyl (C=O) groups is 1. The minimum atomic E-state index is -0.795. The van der Waals surface area contributed by atoms with E-state index < -0.39 is 11.6 Å². The molecule has 0 amide bonds. The summed E-state index contributed by atoms with van der Waals surface area (Å²) in [7, 11) is 0. The predicted molar refractivity (Wildman–Crippen MR) is 118 cm³/mol. The van der Waals surface area contributed by atoms with E-state index >= 15 is 0 Å². The van der Waals surface area contributed by atoms with Crippen LogP contribution in [0.4, 0.5) is 0 Å². The fourth-order valence-corrected chi connectivity index (χ4v) is 5.94. The molecule has 3 atom stereocenters. The van der Waals surface area contributed by atoms with Crippen LogP contribution in [-0.4, -0.2) is 23.6 Å². The Hall–Kier alpha value is -2.15. The van der Waals surface area contributed by atoms with Crippen molar-refractivity contribution >= 4 is 38.6 Å². The van der Waals surface area contributed by atoms with Crippen LogP contribution >= 0.6 is 15.9 Å². The highest BCUT2D eigenvalue weighted by Gasteiger charge is 2.62. The molecule has 160 valence electrons. The molecule has 2 bridgehead atoms. The molecule has 0 radical (unpaired) electrons. The monoisotopic (exact) mass is 475 g/mol. The zero-order valence-electron chi connectivity index (χ0n) is 17.5. The SMILES string of the molecule is CCCOc1ccc2cc(C(=O)ON=C3CC4CCC3(C)C4(C)CBr)c(=O)oc2c1. The van der Waals surface area contributed by atoms with Crippen molar-refractivity contribution < 1.29 is 18.8 Å². The van der Waals surface area contributed by atoms with Crippen molar-refractivity contribution in [2.24, 2.45) is 21.9 Å². The van der Waals surface area contributed by atoms with Crippen LogP contribution in [0.25, 0.3) is 11.0 Å². The van der Waals surface area contributed by atoms with Gasteiger partial charge in [0.15, 0.2) is 0 Å². The highest BCUT2D eigenvalue weighted by atomic mass is 79.9. The molecule has 2 saturated carbocycles. The first-order chi connectivity index (χ1) is 14.3. The third-order valence-corrected chi connectivity index (χ3v) is 8.31. The molecule has 0 saturated heterocycles. The third-order valence-electron chi connectivity index (χ3n) is 7.15. The molecule has 7 heteroatoms. The van der Waals surface area contributed by atoms with Gasteiger partial charge in [-0.3, -0.25) is 0 Å². The third kappa shape index (κ3) is 3.27. The molecule has 1 aromatic carbocycles. The van der Waals surface area contributed by atoms with Gasteiger partial charge in [-0.05, 0) is 55.2 Å². The lowest BCUT2D eigenvalue weighted by Gasteiger charge is -2.36. The number of fused-ring (bicyclic) bond motifs is 3. The van der Waals surface area contributed by atoms with Crippen molar-refractivity contribution in [2.75, 3.05) is 11.9 Å². The van der Waals surface area contributed by atoms with Crippen LogP contribution < -0.4 is 10.4 Å². The molecule has 6 nitrogen and oxygen atoms in total. The van der Waals surface area contributed by atoms with Crippen LogP contribution in [0.3, 0.4) is 0 Å². The lowest BCUT2D eigenvalue weighted by Crippen LogP contribution is -2.36. The number of nitrogens with zero attached hydrogens (tertiary/aromatic N) is 1. The first kappa shape index (κ1) is 21.1. The highest BCUT2D eigenvalue weighted by Crippen LogP contribution is 2.64. The van der Waals surface area contributed by atoms with Crippen molar-refractivity contribution in [2.45, 2.75) is 46.5 Å². The van der Waals surface area contributed by atoms with Gasteiger partial charge in [0, 0.05) is 22.2 Å². The lowest BCUT2D eigenvalue weighted by atomic mass is 9.70. The molecule has 1 aromatic heterocycles. The molecule has 1 heterocycles. The van der Waals surface area contributed by atoms with Gasteiger partial charge in [-0.15, -0.1) is 0 Å². The van der Waals surface area contributed by atoms with Gasteiger partial charge in [-0.25, -0.2) is 9.59 Å². The van der Waals surface area contributed by atoms with Gasteiger partial charge in [0.1, 0.15) is 16.9 Å². The molecule has 2 aliphatic rings. The Morgan fingerprint density at radius 2 is 2.13 bits per heavy atom. The topological polar surface area (TPSA) is 78.1 Å². The molecular formula is C23H26BrNO5. The van der Waals surface area contributed by atoms with Crippen molar-refractivity contribution in [3.8, 4) is 5.75 Å². The summed E-state index contributed by atoms with van der Waals surface area (Å²) in [4.78, 5) is 30.2. The molecule has 3 unspecified atom stereocenters. The van der Waals surface area contributed by atoms with Gasteiger partial charge in [0.2, 0.25) is 0 Å². The molecule has 0 N–H and O–H groups in total. The minimum Gasteiger partial charge on any atom is -0.493 e.